The van der Waals surface area contributed by atoms with Crippen molar-refractivity contribution in [1.82, 2.24) is 0 Å². The van der Waals surface area contributed by atoms with Gasteiger partial charge < -0.3 is 52.1 Å². The van der Waals surface area contributed by atoms with E-state index in [2.05, 4.69) is 6.92 Å². The van der Waals surface area contributed by atoms with Gasteiger partial charge in [0.15, 0.2) is 0 Å². The van der Waals surface area contributed by atoms with Crippen LogP contribution in [0.3, 0.4) is 0 Å². The molecule has 13 nitrogen and oxygen atoms in total. The molecule has 0 aromatic heterocycles. The normalized spacial score (nSPS) is 11.7. The summed E-state index contributed by atoms with van der Waals surface area (Å²) in [4.78, 5) is 23.4. The first kappa shape index (κ1) is 53.6. The zero-order valence-corrected chi connectivity index (χ0v) is 35.6. The van der Waals surface area contributed by atoms with E-state index >= 15 is 0 Å². The van der Waals surface area contributed by atoms with Crippen molar-refractivity contribution in [3.63, 3.8) is 0 Å². The summed E-state index contributed by atoms with van der Waals surface area (Å²) in [5, 5.41) is 0. The average Bonchev–Trinajstić information content (AvgIpc) is 3.15. The maximum atomic E-state index is 11.9. The van der Waals surface area contributed by atoms with Crippen LogP contribution in [0.1, 0.15) is 130 Å². The minimum absolute atomic E-state index is 0.0845. The zero-order chi connectivity index (χ0) is 40.2. The highest BCUT2D eigenvalue weighted by atomic mass is 16.6. The van der Waals surface area contributed by atoms with Crippen LogP contribution in [-0.2, 0) is 61.7 Å². The largest absolute Gasteiger partial charge is 0.463 e. The van der Waals surface area contributed by atoms with Crippen LogP contribution in [0, 0.1) is 0 Å². The fourth-order valence-corrected chi connectivity index (χ4v) is 5.21. The Morgan fingerprint density at radius 3 is 0.927 bits per heavy atom. The van der Waals surface area contributed by atoms with Crippen molar-refractivity contribution in [3.05, 3.63) is 0 Å². The van der Waals surface area contributed by atoms with Crippen LogP contribution < -0.4 is 0 Å². The van der Waals surface area contributed by atoms with E-state index in [-0.39, 0.29) is 25.2 Å². The molecule has 0 saturated carbocycles. The standard InChI is InChI=1S/C42H82O13/c1-5-6-7-8-9-10-11-12-13-14-15-16-17-18-19-20-40(43)54-38-37-52-34-33-50-30-29-48-26-25-46-22-21-45-23-24-47-27-28-49-31-32-51-35-36-53-39-41(44)55-42(2,3)4/h5-39H2,1-4H3. The predicted molar refractivity (Wildman–Crippen MR) is 214 cm³/mol. The number of rotatable bonds is 45. The molecule has 328 valence electrons. The number of carbonyl (C=O) groups excluding carboxylic acids is 2. The Kier molecular flexibility index (Phi) is 42.6. The molecule has 0 aromatic rings. The second kappa shape index (κ2) is 43.7. The summed E-state index contributed by atoms with van der Waals surface area (Å²) >= 11 is 0. The molecule has 13 heteroatoms. The number of ether oxygens (including phenoxy) is 11. The van der Waals surface area contributed by atoms with Gasteiger partial charge in [-0.25, -0.2) is 4.79 Å². The van der Waals surface area contributed by atoms with Crippen molar-refractivity contribution < 1.29 is 61.7 Å². The Morgan fingerprint density at radius 2 is 0.618 bits per heavy atom. The summed E-state index contributed by atoms with van der Waals surface area (Å²) in [7, 11) is 0. The van der Waals surface area contributed by atoms with Crippen molar-refractivity contribution in [2.24, 2.45) is 0 Å². The SMILES string of the molecule is CCCCCCCCCCCCCCCCCC(=O)OCCOCCOCCOCCOCCOCCOCCOCCOCCOCC(=O)OC(C)(C)C. The molecule has 0 aliphatic rings. The Morgan fingerprint density at radius 1 is 0.345 bits per heavy atom. The fourth-order valence-electron chi connectivity index (χ4n) is 5.21. The first-order valence-electron chi connectivity index (χ1n) is 21.4. The van der Waals surface area contributed by atoms with Crippen LogP contribution in [0.25, 0.3) is 0 Å². The van der Waals surface area contributed by atoms with Gasteiger partial charge in [0, 0.05) is 6.42 Å². The van der Waals surface area contributed by atoms with Crippen LogP contribution >= 0.6 is 0 Å². The summed E-state index contributed by atoms with van der Waals surface area (Å²) in [6, 6.07) is 0. The molecule has 55 heavy (non-hydrogen) atoms. The minimum atomic E-state index is -0.513. The number of unbranched alkanes of at least 4 members (excludes halogenated alkanes) is 14. The highest BCUT2D eigenvalue weighted by Crippen LogP contribution is 2.14. The van der Waals surface area contributed by atoms with Gasteiger partial charge >= 0.3 is 11.9 Å². The number of hydrogen-bond acceptors (Lipinski definition) is 13. The summed E-state index contributed by atoms with van der Waals surface area (Å²) in [6.45, 7) is 15.6. The lowest BCUT2D eigenvalue weighted by Crippen LogP contribution is -2.27. The van der Waals surface area contributed by atoms with Crippen molar-refractivity contribution in [3.8, 4) is 0 Å². The first-order valence-corrected chi connectivity index (χ1v) is 21.4. The topological polar surface area (TPSA) is 136 Å². The van der Waals surface area contributed by atoms with Gasteiger partial charge in [-0.15, -0.1) is 0 Å². The lowest BCUT2D eigenvalue weighted by molar-refractivity contribution is -0.160. The third-order valence-electron chi connectivity index (χ3n) is 8.09. The molecule has 0 atom stereocenters. The molecule has 0 radical (unpaired) electrons. The van der Waals surface area contributed by atoms with Crippen molar-refractivity contribution in [1.29, 1.82) is 0 Å². The average molecular weight is 795 g/mol. The fraction of sp³-hybridized carbons (Fsp3) is 0.952. The van der Waals surface area contributed by atoms with Gasteiger partial charge in [-0.1, -0.05) is 96.8 Å². The Bertz CT molecular complexity index is 794. The second-order valence-electron chi connectivity index (χ2n) is 14.5. The molecule has 0 N–H and O–H groups in total. The summed E-state index contributed by atoms with van der Waals surface area (Å²) < 4.78 is 59.4. The van der Waals surface area contributed by atoms with Crippen LogP contribution in [0.2, 0.25) is 0 Å². The van der Waals surface area contributed by atoms with Crippen LogP contribution in [0.5, 0.6) is 0 Å². The van der Waals surface area contributed by atoms with Gasteiger partial charge in [-0.3, -0.25) is 4.79 Å². The van der Waals surface area contributed by atoms with E-state index in [4.69, 9.17) is 52.1 Å². The molecular formula is C42H82O13. The van der Waals surface area contributed by atoms with E-state index in [9.17, 15) is 9.59 Å². The molecule has 0 aliphatic heterocycles. The highest BCUT2D eigenvalue weighted by Gasteiger charge is 2.16. The summed E-state index contributed by atoms with van der Waals surface area (Å²) in [6.07, 6.45) is 20.2. The Labute approximate surface area is 334 Å². The van der Waals surface area contributed by atoms with E-state index < -0.39 is 5.60 Å². The summed E-state index contributed by atoms with van der Waals surface area (Å²) in [5.74, 6) is -0.521. The van der Waals surface area contributed by atoms with Gasteiger partial charge in [-0.2, -0.15) is 0 Å². The maximum Gasteiger partial charge on any atom is 0.332 e. The third-order valence-corrected chi connectivity index (χ3v) is 8.09. The van der Waals surface area contributed by atoms with Gasteiger partial charge in [0.2, 0.25) is 0 Å². The molecule has 0 rings (SSSR count). The Balaban J connectivity index is 3.16. The van der Waals surface area contributed by atoms with E-state index in [1.165, 1.54) is 83.5 Å². The lowest BCUT2D eigenvalue weighted by atomic mass is 10.0. The minimum Gasteiger partial charge on any atom is -0.463 e. The van der Waals surface area contributed by atoms with Crippen LogP contribution in [0.15, 0.2) is 0 Å². The smallest absolute Gasteiger partial charge is 0.332 e. The van der Waals surface area contributed by atoms with Gasteiger partial charge in [0.05, 0.1) is 112 Å². The van der Waals surface area contributed by atoms with Gasteiger partial charge in [-0.05, 0) is 27.2 Å². The monoisotopic (exact) mass is 795 g/mol. The molecule has 0 aliphatic carbocycles. The number of esters is 2. The molecular weight excluding hydrogens is 712 g/mol. The molecule has 0 unspecified atom stereocenters. The lowest BCUT2D eigenvalue weighted by Gasteiger charge is -2.19. The second-order valence-corrected chi connectivity index (χ2v) is 14.5. The van der Waals surface area contributed by atoms with Crippen molar-refractivity contribution in [2.75, 3.05) is 126 Å². The van der Waals surface area contributed by atoms with Gasteiger partial charge in [0.25, 0.3) is 0 Å². The molecule has 0 saturated heterocycles. The first-order chi connectivity index (χ1) is 26.8. The molecule has 0 spiro atoms. The van der Waals surface area contributed by atoms with E-state index in [1.54, 1.807) is 0 Å². The maximum absolute atomic E-state index is 11.9. The molecule has 0 aromatic carbocycles. The number of hydrogen-bond donors (Lipinski definition) is 0. The summed E-state index contributed by atoms with van der Waals surface area (Å²) in [5.41, 5.74) is -0.513. The predicted octanol–water partition coefficient (Wildman–Crippen LogP) is 7.28. The zero-order valence-electron chi connectivity index (χ0n) is 35.6. The molecule has 0 bridgehead atoms. The molecule has 0 amide bonds. The van der Waals surface area contributed by atoms with Gasteiger partial charge in [0.1, 0.15) is 18.8 Å². The van der Waals surface area contributed by atoms with E-state index in [0.717, 1.165) is 12.8 Å². The Hall–Kier alpha value is -1.42. The van der Waals surface area contributed by atoms with E-state index in [1.807, 2.05) is 20.8 Å². The van der Waals surface area contributed by atoms with Crippen LogP contribution in [0.4, 0.5) is 0 Å². The molecule has 0 heterocycles. The van der Waals surface area contributed by atoms with E-state index in [0.29, 0.717) is 119 Å². The highest BCUT2D eigenvalue weighted by molar-refractivity contribution is 5.71. The molecule has 0 fully saturated rings. The van der Waals surface area contributed by atoms with Crippen molar-refractivity contribution in [2.45, 2.75) is 136 Å². The number of carbonyl (C=O) groups is 2. The van der Waals surface area contributed by atoms with Crippen LogP contribution in [-0.4, -0.2) is 143 Å². The van der Waals surface area contributed by atoms with Crippen molar-refractivity contribution >= 4 is 11.9 Å². The quantitative estimate of drug-likeness (QED) is 0.0452. The third kappa shape index (κ3) is 48.7.